The molecule has 0 bridgehead atoms. The van der Waals surface area contributed by atoms with E-state index in [2.05, 4.69) is 28.2 Å². The maximum absolute atomic E-state index is 12.1. The smallest absolute Gasteiger partial charge is 0.317 e. The lowest BCUT2D eigenvalue weighted by Crippen LogP contribution is -2.47. The van der Waals surface area contributed by atoms with E-state index in [9.17, 15) is 4.79 Å². The summed E-state index contributed by atoms with van der Waals surface area (Å²) in [6, 6.07) is 5.90. The standard InChI is InChI=1S/C16H22BrClN2O2/c1-12-5-2-3-9-20(12)16(21)19-8-4-10-22-15-7-6-13(17)11-14(15)18/h6-7,11-12H,2-5,8-10H2,1H3,(H,19,21). The SMILES string of the molecule is CC1CCCCN1C(=O)NCCCOc1ccc(Br)cc1Cl. The minimum Gasteiger partial charge on any atom is -0.492 e. The lowest BCUT2D eigenvalue weighted by atomic mass is 10.0. The second-order valence-electron chi connectivity index (χ2n) is 5.55. The van der Waals surface area contributed by atoms with Gasteiger partial charge in [-0.2, -0.15) is 0 Å². The molecular weight excluding hydrogens is 368 g/mol. The Morgan fingerprint density at radius 3 is 3.05 bits per heavy atom. The molecule has 0 spiro atoms. The van der Waals surface area contributed by atoms with Crippen LogP contribution in [0.5, 0.6) is 5.75 Å². The molecule has 1 aliphatic heterocycles. The van der Waals surface area contributed by atoms with Crippen LogP contribution >= 0.6 is 27.5 Å². The zero-order valence-corrected chi connectivity index (χ0v) is 15.1. The molecule has 1 unspecified atom stereocenters. The molecule has 2 rings (SSSR count). The molecule has 1 aliphatic rings. The number of hydrogen-bond donors (Lipinski definition) is 1. The van der Waals surface area contributed by atoms with E-state index in [0.717, 1.165) is 30.3 Å². The van der Waals surface area contributed by atoms with Crippen LogP contribution in [0.25, 0.3) is 0 Å². The summed E-state index contributed by atoms with van der Waals surface area (Å²) in [4.78, 5) is 14.0. The van der Waals surface area contributed by atoms with Crippen LogP contribution in [0, 0.1) is 0 Å². The minimum absolute atomic E-state index is 0.0360. The average Bonchev–Trinajstić information content (AvgIpc) is 2.49. The van der Waals surface area contributed by atoms with Crippen molar-refractivity contribution in [2.45, 2.75) is 38.6 Å². The first-order chi connectivity index (χ1) is 10.6. The van der Waals surface area contributed by atoms with Crippen LogP contribution in [0.2, 0.25) is 5.02 Å². The van der Waals surface area contributed by atoms with Gasteiger partial charge in [0.05, 0.1) is 11.6 Å². The zero-order chi connectivity index (χ0) is 15.9. The van der Waals surface area contributed by atoms with Crippen LogP contribution in [0.4, 0.5) is 4.79 Å². The van der Waals surface area contributed by atoms with Crippen molar-refractivity contribution >= 4 is 33.6 Å². The molecule has 1 N–H and O–H groups in total. The first-order valence-electron chi connectivity index (χ1n) is 7.70. The highest BCUT2D eigenvalue weighted by molar-refractivity contribution is 9.10. The summed E-state index contributed by atoms with van der Waals surface area (Å²) in [7, 11) is 0. The Labute approximate surface area is 145 Å². The van der Waals surface area contributed by atoms with Gasteiger partial charge in [0.2, 0.25) is 0 Å². The molecule has 22 heavy (non-hydrogen) atoms. The highest BCUT2D eigenvalue weighted by Crippen LogP contribution is 2.27. The summed E-state index contributed by atoms with van der Waals surface area (Å²) < 4.78 is 6.55. The Morgan fingerprint density at radius 2 is 2.32 bits per heavy atom. The highest BCUT2D eigenvalue weighted by Gasteiger charge is 2.22. The van der Waals surface area contributed by atoms with Crippen molar-refractivity contribution < 1.29 is 9.53 Å². The Bertz CT molecular complexity index is 513. The number of benzene rings is 1. The topological polar surface area (TPSA) is 41.6 Å². The van der Waals surface area contributed by atoms with Gasteiger partial charge in [-0.1, -0.05) is 27.5 Å². The molecule has 1 atom stereocenters. The predicted octanol–water partition coefficient (Wildman–Crippen LogP) is 4.46. The van der Waals surface area contributed by atoms with Crippen molar-refractivity contribution in [2.24, 2.45) is 0 Å². The number of nitrogens with zero attached hydrogens (tertiary/aromatic N) is 1. The van der Waals surface area contributed by atoms with Gasteiger partial charge < -0.3 is 15.0 Å². The van der Waals surface area contributed by atoms with Crippen LogP contribution in [0.1, 0.15) is 32.6 Å². The Kier molecular flexibility index (Phi) is 6.83. The Balaban J connectivity index is 1.65. The van der Waals surface area contributed by atoms with Crippen molar-refractivity contribution in [1.29, 1.82) is 0 Å². The number of carbonyl (C=O) groups excluding carboxylic acids is 1. The van der Waals surface area contributed by atoms with Gasteiger partial charge in [-0.05, 0) is 50.8 Å². The van der Waals surface area contributed by atoms with Crippen LogP contribution in [-0.2, 0) is 0 Å². The lowest BCUT2D eigenvalue weighted by molar-refractivity contribution is 0.157. The van der Waals surface area contributed by atoms with Crippen LogP contribution in [-0.4, -0.2) is 36.7 Å². The number of ether oxygens (including phenoxy) is 1. The quantitative estimate of drug-likeness (QED) is 0.756. The van der Waals surface area contributed by atoms with E-state index in [1.807, 2.05) is 17.0 Å². The molecule has 0 saturated carbocycles. The van der Waals surface area contributed by atoms with E-state index in [1.165, 1.54) is 6.42 Å². The van der Waals surface area contributed by atoms with Gasteiger partial charge in [0.25, 0.3) is 0 Å². The normalized spacial score (nSPS) is 18.1. The maximum Gasteiger partial charge on any atom is 0.317 e. The van der Waals surface area contributed by atoms with Crippen LogP contribution in [0.15, 0.2) is 22.7 Å². The Hall–Kier alpha value is -0.940. The number of urea groups is 1. The van der Waals surface area contributed by atoms with E-state index in [1.54, 1.807) is 6.07 Å². The largest absolute Gasteiger partial charge is 0.492 e. The molecule has 0 aliphatic carbocycles. The summed E-state index contributed by atoms with van der Waals surface area (Å²) in [5.41, 5.74) is 0. The van der Waals surface area contributed by atoms with Crippen LogP contribution in [0.3, 0.4) is 0 Å². The molecule has 6 heteroatoms. The molecule has 1 aromatic rings. The third-order valence-corrected chi connectivity index (χ3v) is 4.60. The van der Waals surface area contributed by atoms with Gasteiger partial charge in [-0.25, -0.2) is 4.79 Å². The first-order valence-corrected chi connectivity index (χ1v) is 8.87. The van der Waals surface area contributed by atoms with E-state index in [4.69, 9.17) is 16.3 Å². The number of hydrogen-bond acceptors (Lipinski definition) is 2. The molecular formula is C16H22BrClN2O2. The molecule has 1 saturated heterocycles. The van der Waals surface area contributed by atoms with Gasteiger partial charge in [-0.15, -0.1) is 0 Å². The Morgan fingerprint density at radius 1 is 1.50 bits per heavy atom. The number of rotatable bonds is 5. The minimum atomic E-state index is 0.0360. The van der Waals surface area contributed by atoms with Crippen molar-refractivity contribution in [3.63, 3.8) is 0 Å². The summed E-state index contributed by atoms with van der Waals surface area (Å²) in [5.74, 6) is 0.667. The summed E-state index contributed by atoms with van der Waals surface area (Å²) >= 11 is 9.43. The molecule has 122 valence electrons. The van der Waals surface area contributed by atoms with Crippen molar-refractivity contribution in [2.75, 3.05) is 19.7 Å². The first kappa shape index (κ1) is 17.4. The van der Waals surface area contributed by atoms with Crippen molar-refractivity contribution in [3.8, 4) is 5.75 Å². The number of carbonyl (C=O) groups is 1. The maximum atomic E-state index is 12.1. The van der Waals surface area contributed by atoms with Crippen molar-refractivity contribution in [3.05, 3.63) is 27.7 Å². The number of nitrogens with one attached hydrogen (secondary N) is 1. The lowest BCUT2D eigenvalue weighted by Gasteiger charge is -2.33. The highest BCUT2D eigenvalue weighted by atomic mass is 79.9. The third kappa shape index (κ3) is 5.06. The second kappa shape index (κ2) is 8.63. The van der Waals surface area contributed by atoms with Gasteiger partial charge in [0.15, 0.2) is 0 Å². The third-order valence-electron chi connectivity index (χ3n) is 3.81. The summed E-state index contributed by atoms with van der Waals surface area (Å²) in [6.45, 7) is 4.10. The second-order valence-corrected chi connectivity index (χ2v) is 6.87. The molecule has 0 radical (unpaired) electrons. The number of likely N-dealkylation sites (tertiary alicyclic amines) is 1. The molecule has 2 amide bonds. The van der Waals surface area contributed by atoms with E-state index >= 15 is 0 Å². The fraction of sp³-hybridized carbons (Fsp3) is 0.562. The average molecular weight is 390 g/mol. The van der Waals surface area contributed by atoms with Gasteiger partial charge in [-0.3, -0.25) is 0 Å². The molecule has 4 nitrogen and oxygen atoms in total. The monoisotopic (exact) mass is 388 g/mol. The summed E-state index contributed by atoms with van der Waals surface area (Å²) in [6.07, 6.45) is 4.16. The zero-order valence-electron chi connectivity index (χ0n) is 12.8. The molecule has 1 heterocycles. The van der Waals surface area contributed by atoms with Gasteiger partial charge >= 0.3 is 6.03 Å². The summed E-state index contributed by atoms with van der Waals surface area (Å²) in [5, 5.41) is 3.54. The van der Waals surface area contributed by atoms with E-state index in [-0.39, 0.29) is 6.03 Å². The van der Waals surface area contributed by atoms with Gasteiger partial charge in [0.1, 0.15) is 5.75 Å². The number of amides is 2. The van der Waals surface area contributed by atoms with Crippen LogP contribution < -0.4 is 10.1 Å². The van der Waals surface area contributed by atoms with E-state index in [0.29, 0.717) is 30.0 Å². The fourth-order valence-corrected chi connectivity index (χ4v) is 3.27. The molecule has 0 aromatic heterocycles. The number of halogens is 2. The molecule has 1 fully saturated rings. The predicted molar refractivity (Wildman–Crippen MR) is 92.7 cm³/mol. The number of piperidine rings is 1. The van der Waals surface area contributed by atoms with Gasteiger partial charge in [0, 0.05) is 23.6 Å². The van der Waals surface area contributed by atoms with Crippen molar-refractivity contribution in [1.82, 2.24) is 10.2 Å². The van der Waals surface area contributed by atoms with E-state index < -0.39 is 0 Å². The molecule has 1 aromatic carbocycles. The fourth-order valence-electron chi connectivity index (χ4n) is 2.54.